The maximum absolute atomic E-state index is 13.0. The van der Waals surface area contributed by atoms with Crippen molar-refractivity contribution in [2.75, 3.05) is 32.5 Å². The summed E-state index contributed by atoms with van der Waals surface area (Å²) in [4.78, 5) is 20.2. The number of rotatable bonds is 11. The molecule has 1 aliphatic heterocycles. The number of carboxylic acids is 1. The van der Waals surface area contributed by atoms with Crippen LogP contribution in [0.2, 0.25) is 5.02 Å². The number of fused-ring (bicyclic) bond motifs is 1. The summed E-state index contributed by atoms with van der Waals surface area (Å²) in [6.07, 6.45) is 6.07. The summed E-state index contributed by atoms with van der Waals surface area (Å²) in [6.45, 7) is 2.54. The normalized spacial score (nSPS) is 15.8. The van der Waals surface area contributed by atoms with Gasteiger partial charge in [-0.15, -0.1) is 11.8 Å². The maximum Gasteiger partial charge on any atom is 0.309 e. The number of halogens is 2. The molecular weight excluding hydrogens is 499 g/mol. The monoisotopic (exact) mass is 530 g/mol. The third-order valence-corrected chi connectivity index (χ3v) is 8.61. The number of aliphatic carboxylic acids is 1. The van der Waals surface area contributed by atoms with Crippen LogP contribution in [0, 0.1) is 11.2 Å². The van der Waals surface area contributed by atoms with Gasteiger partial charge in [-0.1, -0.05) is 11.6 Å². The van der Waals surface area contributed by atoms with Crippen LogP contribution in [0.5, 0.6) is 5.75 Å². The molecule has 0 aliphatic carbocycles. The number of hydrogen-bond donors (Lipinski definition) is 1. The topological polar surface area (TPSA) is 62.7 Å². The number of nitrogens with zero attached hydrogens (tertiary/aromatic N) is 2. The number of pyridine rings is 1. The Morgan fingerprint density at radius 3 is 2.64 bits per heavy atom. The molecule has 1 N–H and O–H groups in total. The van der Waals surface area contributed by atoms with Gasteiger partial charge in [-0.05, 0) is 112 Å². The fraction of sp³-hybridized carbons (Fsp3) is 0.429. The largest absolute Gasteiger partial charge is 0.497 e. The van der Waals surface area contributed by atoms with Crippen LogP contribution in [-0.2, 0) is 11.2 Å². The Morgan fingerprint density at radius 2 is 1.94 bits per heavy atom. The number of carbonyl (C=O) groups is 1. The SMILES string of the molecule is COc1ccc2ncc(Cl)c(CCCC3(C(=O)O)CCN(CCCSc4ccc(F)cc4)CC3)c2c1. The fourth-order valence-corrected chi connectivity index (χ4v) is 6.05. The van der Waals surface area contributed by atoms with Gasteiger partial charge in [0.15, 0.2) is 0 Å². The van der Waals surface area contributed by atoms with E-state index >= 15 is 0 Å². The van der Waals surface area contributed by atoms with Crippen LogP contribution in [0.4, 0.5) is 4.39 Å². The zero-order valence-corrected chi connectivity index (χ0v) is 22.1. The number of piperidine rings is 1. The van der Waals surface area contributed by atoms with Crippen molar-refractivity contribution in [3.63, 3.8) is 0 Å². The molecule has 0 unspecified atom stereocenters. The molecular formula is C28H32ClFN2O3S. The first kappa shape index (κ1) is 26.7. The first-order valence-corrected chi connectivity index (χ1v) is 13.7. The summed E-state index contributed by atoms with van der Waals surface area (Å²) in [5.41, 5.74) is 1.16. The zero-order chi connectivity index (χ0) is 25.5. The molecule has 36 heavy (non-hydrogen) atoms. The van der Waals surface area contributed by atoms with E-state index in [-0.39, 0.29) is 5.82 Å². The van der Waals surface area contributed by atoms with Crippen LogP contribution in [-0.4, -0.2) is 53.5 Å². The van der Waals surface area contributed by atoms with E-state index in [0.717, 1.165) is 65.3 Å². The predicted octanol–water partition coefficient (Wildman–Crippen LogP) is 6.71. The number of carboxylic acid groups (broad SMARTS) is 1. The smallest absolute Gasteiger partial charge is 0.309 e. The summed E-state index contributed by atoms with van der Waals surface area (Å²) < 4.78 is 18.4. The Morgan fingerprint density at radius 1 is 1.19 bits per heavy atom. The molecule has 0 saturated carbocycles. The second-order valence-electron chi connectivity index (χ2n) is 9.40. The number of likely N-dealkylation sites (tertiary alicyclic amines) is 1. The lowest BCUT2D eigenvalue weighted by Gasteiger charge is -2.39. The van der Waals surface area contributed by atoms with Gasteiger partial charge in [0, 0.05) is 16.5 Å². The molecule has 0 bridgehead atoms. The van der Waals surface area contributed by atoms with Crippen LogP contribution in [0.15, 0.2) is 53.6 Å². The van der Waals surface area contributed by atoms with E-state index in [2.05, 4.69) is 9.88 Å². The third-order valence-electron chi connectivity index (χ3n) is 7.18. The van der Waals surface area contributed by atoms with Crippen LogP contribution in [0.25, 0.3) is 10.9 Å². The van der Waals surface area contributed by atoms with Gasteiger partial charge in [0.25, 0.3) is 0 Å². The van der Waals surface area contributed by atoms with Crippen LogP contribution < -0.4 is 4.74 Å². The van der Waals surface area contributed by atoms with Gasteiger partial charge in [-0.25, -0.2) is 4.39 Å². The van der Waals surface area contributed by atoms with E-state index in [1.807, 2.05) is 18.2 Å². The minimum atomic E-state index is -0.693. The van der Waals surface area contributed by atoms with Gasteiger partial charge in [-0.3, -0.25) is 9.78 Å². The number of aryl methyl sites for hydroxylation is 1. The summed E-state index contributed by atoms with van der Waals surface area (Å²) in [7, 11) is 1.63. The number of hydrogen-bond acceptors (Lipinski definition) is 5. The average Bonchev–Trinajstić information content (AvgIpc) is 2.89. The minimum Gasteiger partial charge on any atom is -0.497 e. The summed E-state index contributed by atoms with van der Waals surface area (Å²) in [5.74, 6) is 0.795. The van der Waals surface area contributed by atoms with Gasteiger partial charge in [0.1, 0.15) is 11.6 Å². The highest BCUT2D eigenvalue weighted by molar-refractivity contribution is 7.99. The van der Waals surface area contributed by atoms with Crippen molar-refractivity contribution in [3.05, 3.63) is 65.1 Å². The molecule has 0 atom stereocenters. The highest BCUT2D eigenvalue weighted by atomic mass is 35.5. The van der Waals surface area contributed by atoms with Crippen molar-refractivity contribution in [1.82, 2.24) is 9.88 Å². The van der Waals surface area contributed by atoms with Crippen molar-refractivity contribution in [2.24, 2.45) is 5.41 Å². The quantitative estimate of drug-likeness (QED) is 0.220. The first-order chi connectivity index (χ1) is 17.4. The van der Waals surface area contributed by atoms with E-state index in [9.17, 15) is 14.3 Å². The van der Waals surface area contributed by atoms with E-state index in [1.54, 1.807) is 37.2 Å². The highest BCUT2D eigenvalue weighted by Gasteiger charge is 2.40. The summed E-state index contributed by atoms with van der Waals surface area (Å²) in [5, 5.41) is 11.7. The molecule has 5 nitrogen and oxygen atoms in total. The molecule has 4 rings (SSSR count). The number of methoxy groups -OCH3 is 1. The average molecular weight is 531 g/mol. The van der Waals surface area contributed by atoms with Crippen molar-refractivity contribution in [3.8, 4) is 5.75 Å². The lowest BCUT2D eigenvalue weighted by Crippen LogP contribution is -2.44. The predicted molar refractivity (Wildman–Crippen MR) is 144 cm³/mol. The molecule has 1 fully saturated rings. The Kier molecular flexibility index (Phi) is 9.09. The number of benzene rings is 2. The van der Waals surface area contributed by atoms with Gasteiger partial charge < -0.3 is 14.7 Å². The second-order valence-corrected chi connectivity index (χ2v) is 11.0. The van der Waals surface area contributed by atoms with Crippen LogP contribution >= 0.6 is 23.4 Å². The van der Waals surface area contributed by atoms with Gasteiger partial charge >= 0.3 is 5.97 Å². The summed E-state index contributed by atoms with van der Waals surface area (Å²) in [6, 6.07) is 12.3. The molecule has 1 aromatic heterocycles. The van der Waals surface area contributed by atoms with Crippen LogP contribution in [0.3, 0.4) is 0 Å². The molecule has 1 saturated heterocycles. The summed E-state index contributed by atoms with van der Waals surface area (Å²) >= 11 is 8.22. The van der Waals surface area contributed by atoms with E-state index < -0.39 is 11.4 Å². The van der Waals surface area contributed by atoms with Crippen molar-refractivity contribution in [1.29, 1.82) is 0 Å². The Balaban J connectivity index is 1.29. The number of ether oxygens (including phenoxy) is 1. The van der Waals surface area contributed by atoms with E-state index in [0.29, 0.717) is 30.7 Å². The zero-order valence-electron chi connectivity index (χ0n) is 20.5. The van der Waals surface area contributed by atoms with Crippen LogP contribution in [0.1, 0.15) is 37.7 Å². The van der Waals surface area contributed by atoms with Gasteiger partial charge in [0.05, 0.1) is 23.1 Å². The fourth-order valence-electron chi connectivity index (χ4n) is 4.97. The Labute approximate surface area is 221 Å². The van der Waals surface area contributed by atoms with Gasteiger partial charge in [-0.2, -0.15) is 0 Å². The molecule has 0 amide bonds. The molecule has 8 heteroatoms. The number of thioether (sulfide) groups is 1. The second kappa shape index (κ2) is 12.3. The van der Waals surface area contributed by atoms with E-state index in [1.165, 1.54) is 12.1 Å². The van der Waals surface area contributed by atoms with Crippen molar-refractivity contribution >= 4 is 40.2 Å². The molecule has 0 spiro atoms. The number of aromatic nitrogens is 1. The van der Waals surface area contributed by atoms with Crippen molar-refractivity contribution < 1.29 is 19.0 Å². The molecule has 2 aromatic carbocycles. The maximum atomic E-state index is 13.0. The lowest BCUT2D eigenvalue weighted by molar-refractivity contribution is -0.152. The first-order valence-electron chi connectivity index (χ1n) is 12.4. The molecule has 3 aromatic rings. The third kappa shape index (κ3) is 6.50. The molecule has 192 valence electrons. The Hall–Kier alpha value is -2.35. The van der Waals surface area contributed by atoms with E-state index in [4.69, 9.17) is 16.3 Å². The Bertz CT molecular complexity index is 1180. The standard InChI is InChI=1S/C28H32ClFN2O3S/c1-35-21-7-10-26-24(18-21)23(25(29)19-31-26)4-2-11-28(27(33)34)12-15-32(16-13-28)14-3-17-36-22-8-5-20(30)6-9-22/h5-10,18-19H,2-4,11-17H2,1H3,(H,33,34). The highest BCUT2D eigenvalue weighted by Crippen LogP contribution is 2.38. The minimum absolute atomic E-state index is 0.216. The molecule has 0 radical (unpaired) electrons. The van der Waals surface area contributed by atoms with Crippen molar-refractivity contribution in [2.45, 2.75) is 43.4 Å². The van der Waals surface area contributed by atoms with Gasteiger partial charge in [0.2, 0.25) is 0 Å². The lowest BCUT2D eigenvalue weighted by atomic mass is 9.74. The molecule has 2 heterocycles. The molecule has 1 aliphatic rings.